The van der Waals surface area contributed by atoms with Gasteiger partial charge in [-0.25, -0.2) is 21.9 Å². The fourth-order valence-electron chi connectivity index (χ4n) is 3.71. The lowest BCUT2D eigenvalue weighted by molar-refractivity contribution is -0.226. The summed E-state index contributed by atoms with van der Waals surface area (Å²) in [6, 6.07) is 10.4. The summed E-state index contributed by atoms with van der Waals surface area (Å²) in [5.74, 6) is -3.77. The van der Waals surface area contributed by atoms with Gasteiger partial charge in [-0.05, 0) is 50.5 Å². The van der Waals surface area contributed by atoms with E-state index >= 15 is 4.39 Å². The second-order valence-electron chi connectivity index (χ2n) is 9.55. The first-order chi connectivity index (χ1) is 16.8. The van der Waals surface area contributed by atoms with E-state index in [4.69, 9.17) is 21.7 Å². The van der Waals surface area contributed by atoms with Crippen molar-refractivity contribution in [1.29, 1.82) is 0 Å². The van der Waals surface area contributed by atoms with Crippen LogP contribution in [0.3, 0.4) is 0 Å². The van der Waals surface area contributed by atoms with Crippen LogP contribution in [0.2, 0.25) is 0 Å². The van der Waals surface area contributed by atoms with Crippen LogP contribution in [0.25, 0.3) is 0 Å². The van der Waals surface area contributed by atoms with Gasteiger partial charge >= 0.3 is 0 Å². The minimum Gasteiger partial charge on any atom is -0.352 e. The zero-order valence-electron chi connectivity index (χ0n) is 20.4. The first kappa shape index (κ1) is 28.1. The lowest BCUT2D eigenvalue weighted by Gasteiger charge is -2.36. The van der Waals surface area contributed by atoms with Crippen LogP contribution in [-0.2, 0) is 25.0 Å². The molecule has 12 heteroatoms. The molecule has 0 aliphatic carbocycles. The number of amides is 1. The summed E-state index contributed by atoms with van der Waals surface area (Å²) in [4.78, 5) is 12.5. The van der Waals surface area contributed by atoms with E-state index in [0.29, 0.717) is 18.8 Å². The lowest BCUT2D eigenvalue weighted by Crippen LogP contribution is -2.54. The molecule has 8 nitrogen and oxygen atoms in total. The average Bonchev–Trinajstić information content (AvgIpc) is 2.80. The zero-order valence-corrected chi connectivity index (χ0v) is 22.0. The van der Waals surface area contributed by atoms with Crippen LogP contribution in [0.5, 0.6) is 0 Å². The summed E-state index contributed by atoms with van der Waals surface area (Å²) in [7, 11) is -2.77. The average molecular weight is 542 g/mol. The Morgan fingerprint density at radius 2 is 1.78 bits per heavy atom. The molecule has 1 atom stereocenters. The second-order valence-corrected chi connectivity index (χ2v) is 11.9. The number of hydrogen-bond donors (Lipinski definition) is 3. The molecular formula is C24H29F2N3O5S2. The Labute approximate surface area is 214 Å². The molecule has 2 aromatic carbocycles. The Bertz CT molecular complexity index is 1230. The van der Waals surface area contributed by atoms with Crippen molar-refractivity contribution in [2.75, 3.05) is 26.0 Å². The zero-order chi connectivity index (χ0) is 26.7. The largest absolute Gasteiger partial charge is 0.352 e. The van der Waals surface area contributed by atoms with Crippen LogP contribution in [-0.4, -0.2) is 45.5 Å². The number of rotatable bonds is 7. The SMILES string of the molecule is CNS(=O)(=O)CC(C)(NC(=S)NC(=O)c1ccccc1)c1cc(C2OCC(C)(C)CO2)cc(F)c1F. The van der Waals surface area contributed by atoms with E-state index in [1.165, 1.54) is 20.0 Å². The van der Waals surface area contributed by atoms with Crippen LogP contribution in [0.1, 0.15) is 48.5 Å². The summed E-state index contributed by atoms with van der Waals surface area (Å²) in [5.41, 5.74) is -1.89. The first-order valence-electron chi connectivity index (χ1n) is 11.1. The van der Waals surface area contributed by atoms with Gasteiger partial charge in [-0.15, -0.1) is 0 Å². The standard InChI is InChI=1S/C24H29F2N3O5S2/c1-23(2)12-33-21(34-13-23)16-10-17(19(26)18(25)11-16)24(3,14-36(31,32)27-4)29-22(35)28-20(30)15-8-6-5-7-9-15/h5-11,21,27H,12-14H2,1-4H3,(H2,28,29,30,35). The van der Waals surface area contributed by atoms with Crippen molar-refractivity contribution in [3.8, 4) is 0 Å². The first-order valence-corrected chi connectivity index (χ1v) is 13.1. The van der Waals surface area contributed by atoms with E-state index in [1.807, 2.05) is 13.8 Å². The molecule has 1 aliphatic rings. The Morgan fingerprint density at radius 3 is 2.36 bits per heavy atom. The lowest BCUT2D eigenvalue weighted by atomic mass is 9.91. The molecule has 0 aromatic heterocycles. The maximum absolute atomic E-state index is 15.2. The van der Waals surface area contributed by atoms with Gasteiger partial charge in [-0.1, -0.05) is 32.0 Å². The number of carbonyl (C=O) groups excluding carboxylic acids is 1. The van der Waals surface area contributed by atoms with Gasteiger partial charge in [-0.3, -0.25) is 10.1 Å². The van der Waals surface area contributed by atoms with Crippen molar-refractivity contribution in [1.82, 2.24) is 15.4 Å². The third kappa shape index (κ3) is 6.83. The molecule has 0 saturated carbocycles. The van der Waals surface area contributed by atoms with Crippen molar-refractivity contribution in [3.63, 3.8) is 0 Å². The predicted molar refractivity (Wildman–Crippen MR) is 135 cm³/mol. The molecule has 1 saturated heterocycles. The molecule has 1 aliphatic heterocycles. The highest BCUT2D eigenvalue weighted by Crippen LogP contribution is 2.35. The maximum atomic E-state index is 15.2. The summed E-state index contributed by atoms with van der Waals surface area (Å²) in [5, 5.41) is 4.88. The van der Waals surface area contributed by atoms with Gasteiger partial charge in [0.1, 0.15) is 0 Å². The maximum Gasteiger partial charge on any atom is 0.257 e. The molecule has 3 N–H and O–H groups in total. The summed E-state index contributed by atoms with van der Waals surface area (Å²) >= 11 is 5.24. The summed E-state index contributed by atoms with van der Waals surface area (Å²) < 4.78 is 68.6. The number of hydrogen-bond acceptors (Lipinski definition) is 6. The van der Waals surface area contributed by atoms with E-state index in [0.717, 1.165) is 6.07 Å². The van der Waals surface area contributed by atoms with Gasteiger partial charge in [0, 0.05) is 22.1 Å². The topological polar surface area (TPSA) is 106 Å². The molecule has 1 amide bonds. The van der Waals surface area contributed by atoms with Gasteiger partial charge in [0.05, 0.1) is 24.5 Å². The molecule has 2 aromatic rings. The highest BCUT2D eigenvalue weighted by molar-refractivity contribution is 7.89. The number of ether oxygens (including phenoxy) is 2. The summed E-state index contributed by atoms with van der Waals surface area (Å²) in [6.07, 6.45) is -0.971. The highest BCUT2D eigenvalue weighted by Gasteiger charge is 2.38. The number of halogens is 2. The fourth-order valence-corrected chi connectivity index (χ4v) is 5.16. The van der Waals surface area contributed by atoms with Crippen LogP contribution >= 0.6 is 12.2 Å². The molecule has 3 rings (SSSR count). The molecular weight excluding hydrogens is 512 g/mol. The van der Waals surface area contributed by atoms with Crippen molar-refractivity contribution < 1.29 is 31.5 Å². The number of benzene rings is 2. The Hall–Kier alpha value is -2.51. The molecule has 1 fully saturated rings. The Morgan fingerprint density at radius 1 is 1.17 bits per heavy atom. The van der Waals surface area contributed by atoms with E-state index < -0.39 is 45.1 Å². The summed E-state index contributed by atoms with van der Waals surface area (Å²) in [6.45, 7) is 5.87. The number of nitrogens with one attached hydrogen (secondary N) is 3. The van der Waals surface area contributed by atoms with Crippen LogP contribution in [0, 0.1) is 17.0 Å². The molecule has 1 heterocycles. The van der Waals surface area contributed by atoms with E-state index in [-0.39, 0.29) is 21.7 Å². The number of thiocarbonyl (C=S) groups is 1. The third-order valence-corrected chi connectivity index (χ3v) is 7.39. The van der Waals surface area contributed by atoms with Crippen LogP contribution in [0.4, 0.5) is 8.78 Å². The van der Waals surface area contributed by atoms with Gasteiger partial charge in [0.25, 0.3) is 5.91 Å². The normalized spacial score (nSPS) is 17.7. The van der Waals surface area contributed by atoms with Crippen molar-refractivity contribution in [3.05, 3.63) is 70.8 Å². The smallest absolute Gasteiger partial charge is 0.257 e. The second kappa shape index (κ2) is 10.9. The minimum absolute atomic E-state index is 0.175. The monoisotopic (exact) mass is 541 g/mol. The van der Waals surface area contributed by atoms with E-state index in [2.05, 4.69) is 15.4 Å². The Balaban J connectivity index is 1.96. The van der Waals surface area contributed by atoms with Crippen LogP contribution in [0.15, 0.2) is 42.5 Å². The molecule has 0 spiro atoms. The van der Waals surface area contributed by atoms with Crippen molar-refractivity contribution in [2.45, 2.75) is 32.6 Å². The van der Waals surface area contributed by atoms with Gasteiger partial charge in [0.2, 0.25) is 10.0 Å². The third-order valence-electron chi connectivity index (χ3n) is 5.61. The molecule has 196 valence electrons. The number of carbonyl (C=O) groups is 1. The van der Waals surface area contributed by atoms with Crippen molar-refractivity contribution >= 4 is 33.3 Å². The fraction of sp³-hybridized carbons (Fsp3) is 0.417. The minimum atomic E-state index is -3.97. The quantitative estimate of drug-likeness (QED) is 0.463. The molecule has 36 heavy (non-hydrogen) atoms. The van der Waals surface area contributed by atoms with Crippen molar-refractivity contribution in [2.24, 2.45) is 5.41 Å². The van der Waals surface area contributed by atoms with E-state index in [9.17, 15) is 17.6 Å². The van der Waals surface area contributed by atoms with Crippen LogP contribution < -0.4 is 15.4 Å². The highest BCUT2D eigenvalue weighted by atomic mass is 32.2. The molecule has 0 radical (unpaired) electrons. The van der Waals surface area contributed by atoms with E-state index in [1.54, 1.807) is 30.3 Å². The number of sulfonamides is 1. The van der Waals surface area contributed by atoms with Gasteiger partial charge < -0.3 is 14.8 Å². The Kier molecular flexibility index (Phi) is 8.46. The predicted octanol–water partition coefficient (Wildman–Crippen LogP) is 3.11. The molecule has 0 bridgehead atoms. The van der Waals surface area contributed by atoms with Gasteiger partial charge in [0.15, 0.2) is 23.0 Å². The van der Waals surface area contributed by atoms with Gasteiger partial charge in [-0.2, -0.15) is 0 Å². The molecule has 1 unspecified atom stereocenters.